The van der Waals surface area contributed by atoms with E-state index in [4.69, 9.17) is 14.2 Å². The number of amides is 4. The van der Waals surface area contributed by atoms with Gasteiger partial charge in [-0.2, -0.15) is 8.42 Å². The molecule has 0 aromatic heterocycles. The highest BCUT2D eigenvalue weighted by Gasteiger charge is 2.38. The van der Waals surface area contributed by atoms with Gasteiger partial charge in [0.1, 0.15) is 48.7 Å². The van der Waals surface area contributed by atoms with Crippen LogP contribution >= 0.6 is 0 Å². The van der Waals surface area contributed by atoms with Crippen LogP contribution in [0, 0.1) is 5.82 Å². The molecule has 0 aliphatic carbocycles. The van der Waals surface area contributed by atoms with Crippen molar-refractivity contribution < 1.29 is 46.2 Å². The van der Waals surface area contributed by atoms with Crippen LogP contribution in [0.3, 0.4) is 0 Å². The predicted molar refractivity (Wildman–Crippen MR) is 229 cm³/mol. The van der Waals surface area contributed by atoms with Crippen molar-refractivity contribution in [1.29, 1.82) is 0 Å². The summed E-state index contributed by atoms with van der Waals surface area (Å²) in [4.78, 5) is 51.3. The lowest BCUT2D eigenvalue weighted by atomic mass is 9.89. The van der Waals surface area contributed by atoms with Crippen molar-refractivity contribution in [3.05, 3.63) is 120 Å². The Hall–Kier alpha value is -6.72. The number of nitrogens with one attached hydrogen (secondary N) is 4. The maximum atomic E-state index is 16.3. The number of benzene rings is 5. The summed E-state index contributed by atoms with van der Waals surface area (Å²) in [5.41, 5.74) is 2.13. The fourth-order valence-electron chi connectivity index (χ4n) is 7.78. The number of carbonyl (C=O) groups is 4. The van der Waals surface area contributed by atoms with E-state index in [1.807, 2.05) is 83.6 Å². The molecule has 8 rings (SSSR count). The molecule has 5 aromatic rings. The second kappa shape index (κ2) is 18.5. The molecule has 1 atom stereocenters. The SMILES string of the molecule is O=C(CN1CCC(c2ccc(NC3CCC(=O)NC3=O)c(Oc3ccccc3)c2)CC1)NCCOc1ccc2cc(OCc3ccccc3)c(N3CC(=O)NS3(=O)=O)c(F)c2c1. The number of para-hydroxylation sites is 1. The zero-order valence-electron chi connectivity index (χ0n) is 33.6. The first-order chi connectivity index (χ1) is 30.0. The third kappa shape index (κ3) is 9.90. The van der Waals surface area contributed by atoms with E-state index in [0.29, 0.717) is 52.1 Å². The van der Waals surface area contributed by atoms with E-state index >= 15 is 4.39 Å². The zero-order chi connectivity index (χ0) is 43.2. The monoisotopic (exact) mass is 864 g/mol. The molecule has 3 heterocycles. The van der Waals surface area contributed by atoms with Crippen molar-refractivity contribution in [2.45, 2.75) is 44.2 Å². The number of hydrogen-bond donors (Lipinski definition) is 4. The number of hydrogen-bond acceptors (Lipinski definition) is 11. The number of rotatable bonds is 15. The van der Waals surface area contributed by atoms with Crippen LogP contribution in [0.5, 0.6) is 23.0 Å². The molecule has 0 saturated carbocycles. The van der Waals surface area contributed by atoms with Crippen molar-refractivity contribution in [3.8, 4) is 23.0 Å². The number of piperidine rings is 2. The molecule has 3 aliphatic rings. The largest absolute Gasteiger partial charge is 0.492 e. The number of likely N-dealkylation sites (tertiary alicyclic amines) is 1. The lowest BCUT2D eigenvalue weighted by Crippen LogP contribution is -2.47. The molecule has 17 heteroatoms. The Morgan fingerprint density at radius 3 is 2.31 bits per heavy atom. The Labute approximate surface area is 357 Å². The van der Waals surface area contributed by atoms with Crippen LogP contribution in [0.4, 0.5) is 15.8 Å². The van der Waals surface area contributed by atoms with Crippen LogP contribution < -0.4 is 39.2 Å². The van der Waals surface area contributed by atoms with Gasteiger partial charge in [0.25, 0.3) is 5.91 Å². The molecule has 0 bridgehead atoms. The summed E-state index contributed by atoms with van der Waals surface area (Å²) in [5, 5.41) is 9.02. The number of nitrogens with zero attached hydrogens (tertiary/aromatic N) is 2. The number of anilines is 2. The van der Waals surface area contributed by atoms with Crippen molar-refractivity contribution >= 4 is 56.0 Å². The van der Waals surface area contributed by atoms with Crippen molar-refractivity contribution in [3.63, 3.8) is 0 Å². The molecular formula is C45H45FN6O9S. The Balaban J connectivity index is 0.850. The molecule has 3 saturated heterocycles. The molecule has 322 valence electrons. The first-order valence-corrected chi connectivity index (χ1v) is 21.8. The maximum Gasteiger partial charge on any atom is 0.326 e. The van der Waals surface area contributed by atoms with Crippen LogP contribution in [0.2, 0.25) is 0 Å². The Morgan fingerprint density at radius 1 is 0.823 bits per heavy atom. The fourth-order valence-corrected chi connectivity index (χ4v) is 8.94. The Bertz CT molecular complexity index is 2590. The van der Waals surface area contributed by atoms with E-state index in [1.165, 1.54) is 12.1 Å². The van der Waals surface area contributed by atoms with Gasteiger partial charge >= 0.3 is 10.2 Å². The van der Waals surface area contributed by atoms with Gasteiger partial charge in [0.15, 0.2) is 11.6 Å². The van der Waals surface area contributed by atoms with Crippen LogP contribution in [0.15, 0.2) is 103 Å². The second-order valence-electron chi connectivity index (χ2n) is 15.3. The third-order valence-electron chi connectivity index (χ3n) is 11.0. The van der Waals surface area contributed by atoms with Gasteiger partial charge in [-0.05, 0) is 97.2 Å². The van der Waals surface area contributed by atoms with Gasteiger partial charge in [-0.3, -0.25) is 29.4 Å². The highest BCUT2D eigenvalue weighted by molar-refractivity contribution is 7.92. The molecule has 4 amide bonds. The lowest BCUT2D eigenvalue weighted by Gasteiger charge is -2.32. The van der Waals surface area contributed by atoms with E-state index in [-0.39, 0.29) is 73.2 Å². The van der Waals surface area contributed by atoms with Crippen LogP contribution in [0.1, 0.15) is 42.7 Å². The number of halogens is 1. The average Bonchev–Trinajstić information content (AvgIpc) is 3.54. The van der Waals surface area contributed by atoms with E-state index in [0.717, 1.165) is 24.0 Å². The number of carbonyl (C=O) groups excluding carboxylic acids is 4. The average molecular weight is 865 g/mol. The van der Waals surface area contributed by atoms with E-state index in [2.05, 4.69) is 20.9 Å². The molecule has 3 fully saturated rings. The highest BCUT2D eigenvalue weighted by Crippen LogP contribution is 2.41. The minimum Gasteiger partial charge on any atom is -0.492 e. The second-order valence-corrected chi connectivity index (χ2v) is 16.9. The van der Waals surface area contributed by atoms with Gasteiger partial charge < -0.3 is 24.8 Å². The van der Waals surface area contributed by atoms with E-state index in [1.54, 1.807) is 12.1 Å². The van der Waals surface area contributed by atoms with Crippen molar-refractivity contribution in [2.24, 2.45) is 0 Å². The van der Waals surface area contributed by atoms with Crippen LogP contribution in [-0.2, 0) is 36.0 Å². The van der Waals surface area contributed by atoms with Gasteiger partial charge in [-0.15, -0.1) is 0 Å². The molecule has 0 spiro atoms. The van der Waals surface area contributed by atoms with E-state index in [9.17, 15) is 27.6 Å². The first-order valence-electron chi connectivity index (χ1n) is 20.3. The highest BCUT2D eigenvalue weighted by atomic mass is 32.2. The minimum atomic E-state index is -4.35. The molecule has 3 aliphatic heterocycles. The smallest absolute Gasteiger partial charge is 0.326 e. The standard InChI is InChI=1S/C45H45FN6O9S/c46-43-35-25-34(13-11-32(35)24-39(60-28-29-7-3-1-4-8-29)44(43)52-27-42(55)50-62(52,57)58)59-22-19-47-41(54)26-51-20-17-30(18-21-51)31-12-14-36(48-37-15-16-40(53)49-45(37)56)38(23-31)61-33-9-5-2-6-10-33/h1-14,23-25,30,37,48H,15-22,26-28H2,(H,47,54)(H,50,55)(H,49,53,56). The van der Waals surface area contributed by atoms with Crippen LogP contribution in [0.25, 0.3) is 10.8 Å². The third-order valence-corrected chi connectivity index (χ3v) is 12.3. The Kier molecular flexibility index (Phi) is 12.5. The van der Waals surface area contributed by atoms with Crippen molar-refractivity contribution in [2.75, 3.05) is 49.0 Å². The molecule has 4 N–H and O–H groups in total. The molecule has 1 unspecified atom stereocenters. The number of ether oxygens (including phenoxy) is 3. The molecule has 62 heavy (non-hydrogen) atoms. The van der Waals surface area contributed by atoms with Gasteiger partial charge in [-0.1, -0.05) is 60.7 Å². The summed E-state index contributed by atoms with van der Waals surface area (Å²) < 4.78 is 62.6. The first kappa shape index (κ1) is 42.0. The van der Waals surface area contributed by atoms with Gasteiger partial charge in [0, 0.05) is 11.8 Å². The molecular weight excluding hydrogens is 820 g/mol. The molecule has 15 nitrogen and oxygen atoms in total. The number of imide groups is 1. The summed E-state index contributed by atoms with van der Waals surface area (Å²) in [6.45, 7) is 1.32. The van der Waals surface area contributed by atoms with Gasteiger partial charge in [-0.25, -0.2) is 13.4 Å². The fraction of sp³-hybridized carbons (Fsp3) is 0.289. The summed E-state index contributed by atoms with van der Waals surface area (Å²) >= 11 is 0. The summed E-state index contributed by atoms with van der Waals surface area (Å²) in [7, 11) is -4.35. The molecule has 0 radical (unpaired) electrons. The topological polar surface area (TPSA) is 185 Å². The van der Waals surface area contributed by atoms with Crippen molar-refractivity contribution in [1.82, 2.24) is 20.3 Å². The summed E-state index contributed by atoms with van der Waals surface area (Å²) in [6.07, 6.45) is 2.28. The molecule has 5 aromatic carbocycles. The normalized spacial score (nSPS) is 17.9. The quantitative estimate of drug-likeness (QED) is 0.0809. The Morgan fingerprint density at radius 2 is 1.58 bits per heavy atom. The lowest BCUT2D eigenvalue weighted by molar-refractivity contribution is -0.133. The summed E-state index contributed by atoms with van der Waals surface area (Å²) in [5.74, 6) is -0.801. The summed E-state index contributed by atoms with van der Waals surface area (Å²) in [6, 6.07) is 30.1. The minimum absolute atomic E-state index is 0.0366. The van der Waals surface area contributed by atoms with Gasteiger partial charge in [0.2, 0.25) is 17.7 Å². The zero-order valence-corrected chi connectivity index (χ0v) is 34.4. The predicted octanol–water partition coefficient (Wildman–Crippen LogP) is 5.12. The van der Waals surface area contributed by atoms with Crippen LogP contribution in [-0.4, -0.2) is 82.3 Å². The van der Waals surface area contributed by atoms with E-state index < -0.39 is 34.5 Å². The number of fused-ring (bicyclic) bond motifs is 1. The van der Waals surface area contributed by atoms with Gasteiger partial charge in [0.05, 0.1) is 18.8 Å². The maximum absolute atomic E-state index is 16.3.